The standard InChI is InChI=1S/C50H95NO5/c1-4-7-10-13-16-19-21-23-24-25-26-28-31-34-37-40-43-50(55)56-46(41-38-35-32-29-18-15-12-9-6-3)44-49(54)51-47(45-52)48(53)42-39-36-33-30-27-22-20-17-14-11-8-5-2/h15,18,24-25,46-48,52-53H,4-14,16-17,19-23,26-45H2,1-3H3,(H,51,54)/b18-15-,25-24+. The topological polar surface area (TPSA) is 95.9 Å². The lowest BCUT2D eigenvalue weighted by molar-refractivity contribution is -0.151. The molecule has 3 N–H and O–H groups in total. The molecule has 3 unspecified atom stereocenters. The second-order valence-corrected chi connectivity index (χ2v) is 16.9. The second-order valence-electron chi connectivity index (χ2n) is 16.9. The Morgan fingerprint density at radius 3 is 1.34 bits per heavy atom. The van der Waals surface area contributed by atoms with Gasteiger partial charge in [-0.2, -0.15) is 0 Å². The van der Waals surface area contributed by atoms with Gasteiger partial charge in [0.05, 0.1) is 25.2 Å². The molecule has 0 aromatic rings. The third kappa shape index (κ3) is 39.2. The summed E-state index contributed by atoms with van der Waals surface area (Å²) in [6, 6.07) is -0.702. The molecule has 0 aromatic carbocycles. The number of unbranched alkanes of at least 4 members (excludes halogenated alkanes) is 28. The predicted octanol–water partition coefficient (Wildman–Crippen LogP) is 14.3. The minimum atomic E-state index is -0.788. The number of carbonyl (C=O) groups is 2. The zero-order chi connectivity index (χ0) is 41.0. The maximum atomic E-state index is 13.1. The number of amides is 1. The lowest BCUT2D eigenvalue weighted by Gasteiger charge is -2.24. The molecule has 56 heavy (non-hydrogen) atoms. The van der Waals surface area contributed by atoms with Gasteiger partial charge in [0, 0.05) is 6.42 Å². The number of allylic oxidation sites excluding steroid dienone is 4. The van der Waals surface area contributed by atoms with Gasteiger partial charge in [0.15, 0.2) is 0 Å². The van der Waals surface area contributed by atoms with E-state index in [1.54, 1.807) is 0 Å². The van der Waals surface area contributed by atoms with E-state index in [2.05, 4.69) is 50.4 Å². The van der Waals surface area contributed by atoms with Gasteiger partial charge >= 0.3 is 5.97 Å². The summed E-state index contributed by atoms with van der Waals surface area (Å²) in [4.78, 5) is 26.0. The summed E-state index contributed by atoms with van der Waals surface area (Å²) in [6.07, 6.45) is 49.6. The Labute approximate surface area is 348 Å². The van der Waals surface area contributed by atoms with Crippen molar-refractivity contribution in [3.05, 3.63) is 24.3 Å². The third-order valence-corrected chi connectivity index (χ3v) is 11.3. The predicted molar refractivity (Wildman–Crippen MR) is 241 cm³/mol. The highest BCUT2D eigenvalue weighted by Gasteiger charge is 2.24. The molecule has 0 spiro atoms. The van der Waals surface area contributed by atoms with Crippen molar-refractivity contribution in [1.29, 1.82) is 0 Å². The number of carbonyl (C=O) groups excluding carboxylic acids is 2. The first-order valence-corrected chi connectivity index (χ1v) is 24.6. The smallest absolute Gasteiger partial charge is 0.306 e. The number of aliphatic hydroxyl groups is 2. The molecule has 0 saturated heterocycles. The molecule has 0 bridgehead atoms. The fourth-order valence-corrected chi connectivity index (χ4v) is 7.46. The van der Waals surface area contributed by atoms with Crippen LogP contribution in [0.25, 0.3) is 0 Å². The van der Waals surface area contributed by atoms with Crippen LogP contribution in [0, 0.1) is 0 Å². The van der Waals surface area contributed by atoms with E-state index in [-0.39, 0.29) is 24.9 Å². The van der Waals surface area contributed by atoms with Gasteiger partial charge in [-0.1, -0.05) is 199 Å². The molecular weight excluding hydrogens is 695 g/mol. The van der Waals surface area contributed by atoms with Gasteiger partial charge < -0.3 is 20.3 Å². The number of hydrogen-bond donors (Lipinski definition) is 3. The molecule has 0 heterocycles. The summed E-state index contributed by atoms with van der Waals surface area (Å²) in [5.41, 5.74) is 0. The van der Waals surface area contributed by atoms with Crippen molar-refractivity contribution in [2.45, 2.75) is 277 Å². The Hall–Kier alpha value is -1.66. The van der Waals surface area contributed by atoms with Crippen molar-refractivity contribution < 1.29 is 24.5 Å². The summed E-state index contributed by atoms with van der Waals surface area (Å²) in [7, 11) is 0. The van der Waals surface area contributed by atoms with Gasteiger partial charge in [0.1, 0.15) is 6.10 Å². The Balaban J connectivity index is 4.48. The van der Waals surface area contributed by atoms with E-state index in [1.807, 2.05) is 0 Å². The normalized spacial score (nSPS) is 13.4. The average molecular weight is 790 g/mol. The van der Waals surface area contributed by atoms with Crippen LogP contribution in [0.3, 0.4) is 0 Å². The van der Waals surface area contributed by atoms with Crippen molar-refractivity contribution in [2.24, 2.45) is 0 Å². The third-order valence-electron chi connectivity index (χ3n) is 11.3. The molecule has 0 aliphatic rings. The van der Waals surface area contributed by atoms with Gasteiger partial charge in [-0.05, 0) is 70.6 Å². The molecule has 0 aliphatic heterocycles. The first-order chi connectivity index (χ1) is 27.5. The molecule has 6 nitrogen and oxygen atoms in total. The zero-order valence-electron chi connectivity index (χ0n) is 37.5. The highest BCUT2D eigenvalue weighted by atomic mass is 16.5. The lowest BCUT2D eigenvalue weighted by atomic mass is 10.0. The minimum Gasteiger partial charge on any atom is -0.462 e. The first kappa shape index (κ1) is 54.3. The highest BCUT2D eigenvalue weighted by Crippen LogP contribution is 2.17. The zero-order valence-corrected chi connectivity index (χ0v) is 37.5. The molecule has 0 aromatic heterocycles. The van der Waals surface area contributed by atoms with E-state index in [1.165, 1.54) is 135 Å². The van der Waals surface area contributed by atoms with Crippen LogP contribution >= 0.6 is 0 Å². The summed E-state index contributed by atoms with van der Waals surface area (Å²) < 4.78 is 5.89. The van der Waals surface area contributed by atoms with E-state index in [0.717, 1.165) is 77.0 Å². The number of rotatable bonds is 44. The number of hydrogen-bond acceptors (Lipinski definition) is 5. The van der Waals surface area contributed by atoms with E-state index in [9.17, 15) is 19.8 Å². The lowest BCUT2D eigenvalue weighted by Crippen LogP contribution is -2.46. The molecule has 0 saturated carbocycles. The highest BCUT2D eigenvalue weighted by molar-refractivity contribution is 5.77. The van der Waals surface area contributed by atoms with E-state index < -0.39 is 18.2 Å². The number of ether oxygens (including phenoxy) is 1. The number of aliphatic hydroxyl groups excluding tert-OH is 2. The van der Waals surface area contributed by atoms with Crippen LogP contribution < -0.4 is 5.32 Å². The molecule has 1 amide bonds. The van der Waals surface area contributed by atoms with Crippen molar-refractivity contribution in [3.63, 3.8) is 0 Å². The van der Waals surface area contributed by atoms with Crippen LogP contribution in [-0.4, -0.2) is 46.9 Å². The molecule has 3 atom stereocenters. The largest absolute Gasteiger partial charge is 0.462 e. The molecule has 0 fully saturated rings. The number of nitrogens with one attached hydrogen (secondary N) is 1. The Kier molecular flexibility index (Phi) is 43.1. The van der Waals surface area contributed by atoms with Crippen LogP contribution in [-0.2, 0) is 14.3 Å². The van der Waals surface area contributed by atoms with Crippen molar-refractivity contribution in [2.75, 3.05) is 6.61 Å². The maximum Gasteiger partial charge on any atom is 0.306 e. The van der Waals surface area contributed by atoms with Gasteiger partial charge in [-0.25, -0.2) is 0 Å². The van der Waals surface area contributed by atoms with Gasteiger partial charge in [0.2, 0.25) is 5.91 Å². The molecule has 0 rings (SSSR count). The second kappa shape index (κ2) is 44.4. The van der Waals surface area contributed by atoms with Gasteiger partial charge in [-0.3, -0.25) is 9.59 Å². The van der Waals surface area contributed by atoms with E-state index in [4.69, 9.17) is 4.74 Å². The van der Waals surface area contributed by atoms with E-state index in [0.29, 0.717) is 19.3 Å². The van der Waals surface area contributed by atoms with Crippen LogP contribution in [0.5, 0.6) is 0 Å². The quantitative estimate of drug-likeness (QED) is 0.0324. The number of esters is 1. The van der Waals surface area contributed by atoms with Crippen molar-refractivity contribution in [1.82, 2.24) is 5.32 Å². The van der Waals surface area contributed by atoms with Gasteiger partial charge in [-0.15, -0.1) is 0 Å². The summed E-state index contributed by atoms with van der Waals surface area (Å²) in [6.45, 7) is 6.43. The molecule has 6 heteroatoms. The summed E-state index contributed by atoms with van der Waals surface area (Å²) in [5.74, 6) is -0.494. The van der Waals surface area contributed by atoms with E-state index >= 15 is 0 Å². The Morgan fingerprint density at radius 2 is 0.875 bits per heavy atom. The SMILES string of the molecule is CCCC/C=C\CCCCCC(CC(=O)NC(CO)C(O)CCCCCCCCCCCCCC)OC(=O)CCCCCCC/C=C/CCCCCCCCC. The van der Waals surface area contributed by atoms with Gasteiger partial charge in [0.25, 0.3) is 0 Å². The van der Waals surface area contributed by atoms with Crippen molar-refractivity contribution in [3.8, 4) is 0 Å². The van der Waals surface area contributed by atoms with Crippen LogP contribution in [0.1, 0.15) is 258 Å². The average Bonchev–Trinajstić information content (AvgIpc) is 3.19. The fourth-order valence-electron chi connectivity index (χ4n) is 7.46. The summed E-state index contributed by atoms with van der Waals surface area (Å²) >= 11 is 0. The minimum absolute atomic E-state index is 0.0664. The van der Waals surface area contributed by atoms with Crippen LogP contribution in [0.4, 0.5) is 0 Å². The fraction of sp³-hybridized carbons (Fsp3) is 0.880. The summed E-state index contributed by atoms with van der Waals surface area (Å²) in [5, 5.41) is 23.7. The Bertz CT molecular complexity index is 889. The molecule has 0 aliphatic carbocycles. The molecule has 0 radical (unpaired) electrons. The van der Waals surface area contributed by atoms with Crippen molar-refractivity contribution >= 4 is 11.9 Å². The molecular formula is C50H95NO5. The first-order valence-electron chi connectivity index (χ1n) is 24.6. The monoisotopic (exact) mass is 790 g/mol. The van der Waals surface area contributed by atoms with Crippen LogP contribution in [0.15, 0.2) is 24.3 Å². The molecule has 330 valence electrons. The Morgan fingerprint density at radius 1 is 0.500 bits per heavy atom. The van der Waals surface area contributed by atoms with Crippen LogP contribution in [0.2, 0.25) is 0 Å². The maximum absolute atomic E-state index is 13.1.